The Morgan fingerprint density at radius 1 is 1.04 bits per heavy atom. The van der Waals surface area contributed by atoms with E-state index in [2.05, 4.69) is 15.0 Å². The quantitative estimate of drug-likeness (QED) is 0.713. The van der Waals surface area contributed by atoms with E-state index in [1.807, 2.05) is 18.2 Å². The van der Waals surface area contributed by atoms with Gasteiger partial charge in [0.15, 0.2) is 0 Å². The van der Waals surface area contributed by atoms with Crippen LogP contribution in [0.15, 0.2) is 30.5 Å². The number of methoxy groups -OCH3 is 2. The second-order valence-electron chi connectivity index (χ2n) is 4.76. The van der Waals surface area contributed by atoms with Crippen LogP contribution >= 0.6 is 23.2 Å². The Kier molecular flexibility index (Phi) is 4.50. The van der Waals surface area contributed by atoms with Crippen LogP contribution in [0.5, 0.6) is 11.8 Å². The first-order valence-corrected chi connectivity index (χ1v) is 7.56. The second kappa shape index (κ2) is 6.56. The van der Waals surface area contributed by atoms with E-state index in [4.69, 9.17) is 32.7 Å². The van der Waals surface area contributed by atoms with Crippen molar-refractivity contribution in [3.8, 4) is 11.8 Å². The summed E-state index contributed by atoms with van der Waals surface area (Å²) in [5, 5.41) is 0.845. The third kappa shape index (κ3) is 3.02. The van der Waals surface area contributed by atoms with Crippen LogP contribution in [0.2, 0.25) is 10.0 Å². The average Bonchev–Trinajstić information content (AvgIpc) is 2.58. The van der Waals surface area contributed by atoms with Gasteiger partial charge in [0.25, 0.3) is 11.8 Å². The largest absolute Gasteiger partial charge is 0.477 e. The minimum atomic E-state index is 0.292. The highest BCUT2D eigenvalue weighted by molar-refractivity contribution is 6.43. The fourth-order valence-corrected chi connectivity index (χ4v) is 2.71. The summed E-state index contributed by atoms with van der Waals surface area (Å²) in [7, 11) is 3.01. The summed E-state index contributed by atoms with van der Waals surface area (Å²) in [5.41, 5.74) is 2.81. The van der Waals surface area contributed by atoms with Crippen molar-refractivity contribution in [3.63, 3.8) is 0 Å². The molecule has 2 heterocycles. The lowest BCUT2D eigenvalue weighted by molar-refractivity contribution is 0.334. The Morgan fingerprint density at radius 3 is 2.43 bits per heavy atom. The first-order chi connectivity index (χ1) is 11.1. The summed E-state index contributed by atoms with van der Waals surface area (Å²) in [4.78, 5) is 13.2. The molecular formula is C16H13Cl2N3O2. The van der Waals surface area contributed by atoms with E-state index in [1.54, 1.807) is 12.3 Å². The van der Waals surface area contributed by atoms with Crippen molar-refractivity contribution >= 4 is 34.2 Å². The molecule has 0 aliphatic rings. The lowest BCUT2D eigenvalue weighted by atomic mass is 10.1. The van der Waals surface area contributed by atoms with E-state index in [0.717, 1.165) is 11.3 Å². The van der Waals surface area contributed by atoms with Gasteiger partial charge < -0.3 is 9.47 Å². The molecule has 0 fully saturated rings. The highest BCUT2D eigenvalue weighted by Gasteiger charge is 2.18. The second-order valence-corrected chi connectivity index (χ2v) is 5.54. The van der Waals surface area contributed by atoms with Crippen molar-refractivity contribution < 1.29 is 9.47 Å². The van der Waals surface area contributed by atoms with Crippen LogP contribution in [0.3, 0.4) is 0 Å². The molecule has 5 nitrogen and oxygen atoms in total. The van der Waals surface area contributed by atoms with Gasteiger partial charge in [-0.2, -0.15) is 0 Å². The van der Waals surface area contributed by atoms with Gasteiger partial charge in [-0.05, 0) is 18.2 Å². The number of halogens is 2. The maximum Gasteiger partial charge on any atom is 0.278 e. The average molecular weight is 350 g/mol. The summed E-state index contributed by atoms with van der Waals surface area (Å²) in [6.07, 6.45) is 2.21. The summed E-state index contributed by atoms with van der Waals surface area (Å²) in [6, 6.07) is 7.35. The molecule has 23 heavy (non-hydrogen) atoms. The van der Waals surface area contributed by atoms with Crippen molar-refractivity contribution in [3.05, 3.63) is 51.8 Å². The molecule has 0 saturated heterocycles. The van der Waals surface area contributed by atoms with Gasteiger partial charge in [0.2, 0.25) is 0 Å². The van der Waals surface area contributed by atoms with Crippen molar-refractivity contribution in [2.24, 2.45) is 0 Å². The monoisotopic (exact) mass is 349 g/mol. The van der Waals surface area contributed by atoms with Crippen LogP contribution in [0, 0.1) is 0 Å². The standard InChI is InChI=1S/C16H13Cl2N3O2/c1-22-15-16(23-2)21-14-10(7-9-5-3-4-6-19-9)13(18)11(17)8-12(14)20-15/h3-6,8H,7H2,1-2H3. The van der Waals surface area contributed by atoms with Crippen LogP contribution in [0.1, 0.15) is 11.3 Å². The van der Waals surface area contributed by atoms with Gasteiger partial charge in [-0.25, -0.2) is 9.97 Å². The van der Waals surface area contributed by atoms with E-state index >= 15 is 0 Å². The van der Waals surface area contributed by atoms with E-state index < -0.39 is 0 Å². The van der Waals surface area contributed by atoms with Crippen LogP contribution in [0.25, 0.3) is 11.0 Å². The number of ether oxygens (including phenoxy) is 2. The molecule has 0 amide bonds. The highest BCUT2D eigenvalue weighted by Crippen LogP contribution is 2.35. The third-order valence-electron chi connectivity index (χ3n) is 3.36. The number of rotatable bonds is 4. The number of hydrogen-bond donors (Lipinski definition) is 0. The molecule has 0 unspecified atom stereocenters. The molecule has 0 aliphatic carbocycles. The first-order valence-electron chi connectivity index (χ1n) is 6.80. The number of nitrogens with zero attached hydrogens (tertiary/aromatic N) is 3. The molecule has 3 aromatic rings. The van der Waals surface area contributed by atoms with Gasteiger partial charge in [-0.3, -0.25) is 4.98 Å². The van der Waals surface area contributed by atoms with Crippen LogP contribution < -0.4 is 9.47 Å². The predicted octanol–water partition coefficient (Wildman–Crippen LogP) is 3.94. The molecule has 0 aliphatic heterocycles. The zero-order valence-corrected chi connectivity index (χ0v) is 14.0. The van der Waals surface area contributed by atoms with Gasteiger partial charge in [-0.15, -0.1) is 0 Å². The Morgan fingerprint density at radius 2 is 1.78 bits per heavy atom. The molecule has 2 aromatic heterocycles. The van der Waals surface area contributed by atoms with Gasteiger partial charge in [0.1, 0.15) is 0 Å². The van der Waals surface area contributed by atoms with Crippen molar-refractivity contribution in [2.75, 3.05) is 14.2 Å². The normalized spacial score (nSPS) is 10.8. The molecule has 3 rings (SSSR count). The third-order valence-corrected chi connectivity index (χ3v) is 4.18. The molecule has 1 aromatic carbocycles. The molecule has 0 bridgehead atoms. The number of hydrogen-bond acceptors (Lipinski definition) is 5. The van der Waals surface area contributed by atoms with E-state index in [0.29, 0.717) is 39.3 Å². The maximum atomic E-state index is 6.39. The summed E-state index contributed by atoms with van der Waals surface area (Å²) >= 11 is 12.6. The fourth-order valence-electron chi connectivity index (χ4n) is 2.28. The zero-order valence-electron chi connectivity index (χ0n) is 12.5. The van der Waals surface area contributed by atoms with Gasteiger partial charge in [0, 0.05) is 23.9 Å². The van der Waals surface area contributed by atoms with Crippen molar-refractivity contribution in [2.45, 2.75) is 6.42 Å². The molecule has 0 spiro atoms. The topological polar surface area (TPSA) is 57.1 Å². The van der Waals surface area contributed by atoms with Crippen LogP contribution in [-0.4, -0.2) is 29.2 Å². The molecule has 0 N–H and O–H groups in total. The maximum absolute atomic E-state index is 6.39. The Labute approximate surface area is 143 Å². The van der Waals surface area contributed by atoms with Crippen molar-refractivity contribution in [1.29, 1.82) is 0 Å². The molecule has 0 saturated carbocycles. The highest BCUT2D eigenvalue weighted by atomic mass is 35.5. The molecule has 7 heteroatoms. The lowest BCUT2D eigenvalue weighted by Gasteiger charge is -2.12. The zero-order chi connectivity index (χ0) is 16.4. The summed E-state index contributed by atoms with van der Waals surface area (Å²) in [6.45, 7) is 0. The smallest absolute Gasteiger partial charge is 0.278 e. The molecule has 118 valence electrons. The summed E-state index contributed by atoms with van der Waals surface area (Å²) < 4.78 is 10.4. The minimum Gasteiger partial charge on any atom is -0.477 e. The van der Waals surface area contributed by atoms with Gasteiger partial charge in [-0.1, -0.05) is 29.3 Å². The van der Waals surface area contributed by atoms with Crippen molar-refractivity contribution in [1.82, 2.24) is 15.0 Å². The Bertz CT molecular complexity index is 857. The Hall–Kier alpha value is -2.11. The first kappa shape index (κ1) is 15.8. The number of benzene rings is 1. The SMILES string of the molecule is COc1nc2cc(Cl)c(Cl)c(Cc3ccccn3)c2nc1OC. The number of fused-ring (bicyclic) bond motifs is 1. The van der Waals surface area contributed by atoms with E-state index in [9.17, 15) is 0 Å². The minimum absolute atomic E-state index is 0.292. The van der Waals surface area contributed by atoms with Crippen LogP contribution in [-0.2, 0) is 6.42 Å². The Balaban J connectivity index is 2.23. The summed E-state index contributed by atoms with van der Waals surface area (Å²) in [5.74, 6) is 0.586. The molecular weight excluding hydrogens is 337 g/mol. The van der Waals surface area contributed by atoms with E-state index in [1.165, 1.54) is 14.2 Å². The fraction of sp³-hybridized carbons (Fsp3) is 0.188. The van der Waals surface area contributed by atoms with E-state index in [-0.39, 0.29) is 0 Å². The van der Waals surface area contributed by atoms with Gasteiger partial charge in [0.05, 0.1) is 35.3 Å². The molecule has 0 radical (unpaired) electrons. The van der Waals surface area contributed by atoms with Crippen LogP contribution in [0.4, 0.5) is 0 Å². The van der Waals surface area contributed by atoms with Gasteiger partial charge >= 0.3 is 0 Å². The molecule has 0 atom stereocenters. The number of pyridine rings is 1. The predicted molar refractivity (Wildman–Crippen MR) is 89.7 cm³/mol. The number of aromatic nitrogens is 3. The lowest BCUT2D eigenvalue weighted by Crippen LogP contribution is -2.01.